The van der Waals surface area contributed by atoms with Gasteiger partial charge in [-0.15, -0.1) is 0 Å². The van der Waals surface area contributed by atoms with E-state index in [1.54, 1.807) is 0 Å². The summed E-state index contributed by atoms with van der Waals surface area (Å²) in [5.41, 5.74) is 0. The molecule has 0 aromatic carbocycles. The first-order chi connectivity index (χ1) is 6.88. The predicted molar refractivity (Wildman–Crippen MR) is 57.3 cm³/mol. The Hall–Kier alpha value is -0.120. The monoisotopic (exact) mass is 201 g/mol. The number of hydrogen-bond donors (Lipinski definition) is 1. The minimum atomic E-state index is 0.267. The van der Waals surface area contributed by atoms with Crippen LogP contribution in [0, 0.1) is 0 Å². The first-order valence-electron chi connectivity index (χ1n) is 5.83. The van der Waals surface area contributed by atoms with E-state index in [1.165, 1.54) is 12.8 Å². The maximum absolute atomic E-state index is 5.57. The van der Waals surface area contributed by atoms with Crippen molar-refractivity contribution in [3.63, 3.8) is 0 Å². The highest BCUT2D eigenvalue weighted by molar-refractivity contribution is 4.90. The molecule has 3 nitrogen and oxygen atoms in total. The van der Waals surface area contributed by atoms with Gasteiger partial charge in [0.15, 0.2) is 0 Å². The van der Waals surface area contributed by atoms with Crippen LogP contribution in [0.15, 0.2) is 0 Å². The Balaban J connectivity index is 1.82. The maximum Gasteiger partial charge on any atom is 0.126 e. The summed E-state index contributed by atoms with van der Waals surface area (Å²) in [6.45, 7) is 6.91. The van der Waals surface area contributed by atoms with Crippen LogP contribution in [0.3, 0.4) is 0 Å². The highest BCUT2D eigenvalue weighted by atomic mass is 16.5. The van der Waals surface area contributed by atoms with Crippen molar-refractivity contribution in [1.82, 2.24) is 5.32 Å². The second-order valence-electron chi connectivity index (χ2n) is 3.85. The van der Waals surface area contributed by atoms with Crippen LogP contribution in [0.1, 0.15) is 39.5 Å². The molecule has 0 aromatic heterocycles. The minimum absolute atomic E-state index is 0.267. The lowest BCUT2D eigenvalue weighted by molar-refractivity contribution is 0.0855. The van der Waals surface area contributed by atoms with Crippen LogP contribution in [0.2, 0.25) is 0 Å². The summed E-state index contributed by atoms with van der Waals surface area (Å²) in [5, 5.41) is 3.26. The largest absolute Gasteiger partial charge is 0.380 e. The molecule has 84 valence electrons. The third-order valence-electron chi connectivity index (χ3n) is 2.37. The van der Waals surface area contributed by atoms with Crippen molar-refractivity contribution in [2.75, 3.05) is 19.8 Å². The fraction of sp³-hybridized carbons (Fsp3) is 1.00. The second-order valence-corrected chi connectivity index (χ2v) is 3.85. The molecule has 1 aliphatic rings. The fourth-order valence-electron chi connectivity index (χ4n) is 1.27. The first kappa shape index (κ1) is 12.0. The van der Waals surface area contributed by atoms with Gasteiger partial charge in [-0.1, -0.05) is 26.7 Å². The van der Waals surface area contributed by atoms with Gasteiger partial charge in [0.05, 0.1) is 12.6 Å². The van der Waals surface area contributed by atoms with E-state index in [4.69, 9.17) is 9.47 Å². The third kappa shape index (κ3) is 4.94. The highest BCUT2D eigenvalue weighted by Gasteiger charge is 2.36. The first-order valence-corrected chi connectivity index (χ1v) is 5.83. The van der Waals surface area contributed by atoms with E-state index in [9.17, 15) is 0 Å². The van der Waals surface area contributed by atoms with Crippen molar-refractivity contribution in [3.05, 3.63) is 0 Å². The topological polar surface area (TPSA) is 40.4 Å². The quantitative estimate of drug-likeness (QED) is 0.457. The summed E-state index contributed by atoms with van der Waals surface area (Å²) < 4.78 is 11.1. The zero-order valence-corrected chi connectivity index (χ0v) is 9.42. The fourth-order valence-corrected chi connectivity index (χ4v) is 1.27. The van der Waals surface area contributed by atoms with Crippen molar-refractivity contribution in [3.8, 4) is 0 Å². The van der Waals surface area contributed by atoms with E-state index < -0.39 is 0 Å². The smallest absolute Gasteiger partial charge is 0.126 e. The van der Waals surface area contributed by atoms with Gasteiger partial charge >= 0.3 is 0 Å². The van der Waals surface area contributed by atoms with E-state index >= 15 is 0 Å². The Kier molecular flexibility index (Phi) is 6.15. The highest BCUT2D eigenvalue weighted by Crippen LogP contribution is 2.13. The summed E-state index contributed by atoms with van der Waals surface area (Å²) in [6.07, 6.45) is 4.98. The second kappa shape index (κ2) is 7.21. The summed E-state index contributed by atoms with van der Waals surface area (Å²) in [5.74, 6) is 0. The molecule has 14 heavy (non-hydrogen) atoms. The molecule has 1 fully saturated rings. The van der Waals surface area contributed by atoms with Crippen LogP contribution in [-0.2, 0) is 9.47 Å². The number of nitrogens with one attached hydrogen (secondary N) is 1. The molecule has 2 unspecified atom stereocenters. The molecule has 1 rings (SSSR count). The van der Waals surface area contributed by atoms with E-state index in [1.807, 2.05) is 0 Å². The molecule has 0 spiro atoms. The Morgan fingerprint density at radius 3 is 2.50 bits per heavy atom. The number of hydrogen-bond acceptors (Lipinski definition) is 3. The van der Waals surface area contributed by atoms with Gasteiger partial charge in [0, 0.05) is 13.2 Å². The Bertz CT molecular complexity index is 141. The van der Waals surface area contributed by atoms with Gasteiger partial charge in [-0.2, -0.15) is 0 Å². The molecule has 0 radical (unpaired) electrons. The van der Waals surface area contributed by atoms with Crippen LogP contribution in [0.4, 0.5) is 0 Å². The minimum Gasteiger partial charge on any atom is -0.380 e. The summed E-state index contributed by atoms with van der Waals surface area (Å²) in [6, 6.07) is 0.448. The third-order valence-corrected chi connectivity index (χ3v) is 2.37. The van der Waals surface area contributed by atoms with E-state index in [0.29, 0.717) is 6.04 Å². The van der Waals surface area contributed by atoms with E-state index in [0.717, 1.165) is 32.7 Å². The van der Waals surface area contributed by atoms with Gasteiger partial charge in [-0.3, -0.25) is 5.32 Å². The molecule has 0 bridgehead atoms. The molecule has 1 N–H and O–H groups in total. The average Bonchev–Trinajstić information content (AvgIpc) is 2.92. The van der Waals surface area contributed by atoms with Gasteiger partial charge in [-0.25, -0.2) is 0 Å². The van der Waals surface area contributed by atoms with Crippen LogP contribution < -0.4 is 5.32 Å². The van der Waals surface area contributed by atoms with Crippen LogP contribution >= 0.6 is 0 Å². The van der Waals surface area contributed by atoms with Crippen LogP contribution in [0.5, 0.6) is 0 Å². The molecular formula is C11H23NO2. The summed E-state index contributed by atoms with van der Waals surface area (Å²) >= 11 is 0. The molecular weight excluding hydrogens is 178 g/mol. The van der Waals surface area contributed by atoms with E-state index in [-0.39, 0.29) is 6.23 Å². The molecule has 1 heterocycles. The molecule has 0 saturated carbocycles. The van der Waals surface area contributed by atoms with Gasteiger partial charge in [-0.05, 0) is 12.8 Å². The lowest BCUT2D eigenvalue weighted by Crippen LogP contribution is -2.08. The lowest BCUT2D eigenvalue weighted by atomic mass is 10.3. The van der Waals surface area contributed by atoms with Gasteiger partial charge < -0.3 is 9.47 Å². The van der Waals surface area contributed by atoms with Crippen molar-refractivity contribution < 1.29 is 9.47 Å². The lowest BCUT2D eigenvalue weighted by Gasteiger charge is -2.01. The molecule has 1 saturated heterocycles. The van der Waals surface area contributed by atoms with Crippen molar-refractivity contribution in [2.45, 2.75) is 51.8 Å². The summed E-state index contributed by atoms with van der Waals surface area (Å²) in [4.78, 5) is 0. The Labute approximate surface area is 87.2 Å². The normalized spacial score (nSPS) is 25.3. The standard InChI is InChI=1S/C11H23NO2/c1-3-5-7-13-9-10-11(12-10)14-8-6-4-2/h10-12H,3-9H2,1-2H3. The average molecular weight is 201 g/mol. The van der Waals surface area contributed by atoms with Crippen molar-refractivity contribution in [2.24, 2.45) is 0 Å². The molecule has 0 amide bonds. The zero-order valence-electron chi connectivity index (χ0n) is 9.42. The van der Waals surface area contributed by atoms with Crippen molar-refractivity contribution in [1.29, 1.82) is 0 Å². The Morgan fingerprint density at radius 2 is 1.79 bits per heavy atom. The number of rotatable bonds is 9. The van der Waals surface area contributed by atoms with E-state index in [2.05, 4.69) is 19.2 Å². The predicted octanol–water partition coefficient (Wildman–Crippen LogP) is 1.92. The Morgan fingerprint density at radius 1 is 1.07 bits per heavy atom. The maximum atomic E-state index is 5.57. The van der Waals surface area contributed by atoms with Crippen LogP contribution in [0.25, 0.3) is 0 Å². The van der Waals surface area contributed by atoms with Crippen LogP contribution in [-0.4, -0.2) is 32.1 Å². The van der Waals surface area contributed by atoms with Gasteiger partial charge in [0.2, 0.25) is 0 Å². The SMILES string of the molecule is CCCCOCC1NC1OCCCC. The van der Waals surface area contributed by atoms with Gasteiger partial charge in [0.1, 0.15) is 6.23 Å². The molecule has 0 aromatic rings. The summed E-state index contributed by atoms with van der Waals surface area (Å²) in [7, 11) is 0. The number of unbranched alkanes of at least 4 members (excludes halogenated alkanes) is 2. The molecule has 1 aliphatic heterocycles. The zero-order chi connectivity index (χ0) is 10.2. The van der Waals surface area contributed by atoms with Gasteiger partial charge in [0.25, 0.3) is 0 Å². The molecule has 0 aliphatic carbocycles. The molecule has 3 heteroatoms. The number of ether oxygens (including phenoxy) is 2. The molecule has 2 atom stereocenters. The van der Waals surface area contributed by atoms with Crippen molar-refractivity contribution >= 4 is 0 Å².